The van der Waals surface area contributed by atoms with E-state index in [2.05, 4.69) is 10.0 Å². The fourth-order valence-electron chi connectivity index (χ4n) is 1.44. The second-order valence-corrected chi connectivity index (χ2v) is 6.02. The van der Waals surface area contributed by atoms with E-state index in [9.17, 15) is 13.2 Å². The predicted octanol–water partition coefficient (Wildman–Crippen LogP) is 0.0909. The molecule has 0 heterocycles. The number of hydrogen-bond acceptors (Lipinski definition) is 5. The summed E-state index contributed by atoms with van der Waals surface area (Å²) in [5, 5.41) is 11.4. The molecule has 1 aromatic carbocycles. The molecule has 0 aromatic heterocycles. The van der Waals surface area contributed by atoms with E-state index in [1.807, 2.05) is 9.47 Å². The minimum Gasteiger partial charge on any atom is -0.396 e. The highest BCUT2D eigenvalue weighted by Gasteiger charge is 2.17. The molecule has 0 bridgehead atoms. The molecule has 3 N–H and O–H groups in total. The van der Waals surface area contributed by atoms with Gasteiger partial charge in [-0.15, -0.1) is 0 Å². The number of rotatable bonds is 7. The number of anilines is 1. The molecule has 0 aliphatic carbocycles. The van der Waals surface area contributed by atoms with Gasteiger partial charge in [0.2, 0.25) is 10.0 Å². The average molecular weight is 320 g/mol. The van der Waals surface area contributed by atoms with Crippen molar-refractivity contribution in [2.24, 2.45) is 0 Å². The van der Waals surface area contributed by atoms with E-state index in [0.717, 1.165) is 0 Å². The molecular weight excluding hydrogens is 303 g/mol. The van der Waals surface area contributed by atoms with Crippen molar-refractivity contribution >= 4 is 31.1 Å². The Morgan fingerprint density at radius 1 is 1.40 bits per heavy atom. The molecule has 0 aliphatic rings. The van der Waals surface area contributed by atoms with E-state index in [0.29, 0.717) is 5.69 Å². The average Bonchev–Trinajstić information content (AvgIpc) is 2.45. The topological polar surface area (TPSA) is 105 Å². The maximum absolute atomic E-state index is 11.8. The van der Waals surface area contributed by atoms with Gasteiger partial charge < -0.3 is 14.9 Å². The molecule has 0 saturated heterocycles. The summed E-state index contributed by atoms with van der Waals surface area (Å²) in [4.78, 5) is 11.9. The van der Waals surface area contributed by atoms with Crippen molar-refractivity contribution in [3.63, 3.8) is 0 Å². The number of hydrogen-bond donors (Lipinski definition) is 3. The minimum atomic E-state index is -3.50. The number of amides is 1. The highest BCUT2D eigenvalue weighted by atomic mass is 32.2. The van der Waals surface area contributed by atoms with Crippen LogP contribution in [0.5, 0.6) is 0 Å². The molecule has 2 unspecified atom stereocenters. The first kappa shape index (κ1) is 17.0. The van der Waals surface area contributed by atoms with Gasteiger partial charge >= 0.3 is 0 Å². The lowest BCUT2D eigenvalue weighted by Gasteiger charge is -2.14. The van der Waals surface area contributed by atoms with Gasteiger partial charge in [0.25, 0.3) is 5.91 Å². The normalized spacial score (nSPS) is 12.9. The summed E-state index contributed by atoms with van der Waals surface area (Å²) in [7, 11) is -0.203. The molecule has 20 heavy (non-hydrogen) atoms. The highest BCUT2D eigenvalue weighted by molar-refractivity contribution is 7.89. The van der Waals surface area contributed by atoms with Gasteiger partial charge in [-0.05, 0) is 31.3 Å². The van der Waals surface area contributed by atoms with Crippen LogP contribution in [0.3, 0.4) is 0 Å². The van der Waals surface area contributed by atoms with Crippen LogP contribution in [0.25, 0.3) is 0 Å². The Morgan fingerprint density at radius 3 is 2.45 bits per heavy atom. The van der Waals surface area contributed by atoms with Crippen LogP contribution in [0.2, 0.25) is 0 Å². The second kappa shape index (κ2) is 7.66. The third kappa shape index (κ3) is 4.50. The zero-order chi connectivity index (χ0) is 15.2. The van der Waals surface area contributed by atoms with Crippen LogP contribution < -0.4 is 10.0 Å². The number of benzene rings is 1. The van der Waals surface area contributed by atoms with Crippen LogP contribution in [-0.2, 0) is 19.3 Å². The van der Waals surface area contributed by atoms with Gasteiger partial charge in [0.05, 0.1) is 4.90 Å². The smallest absolute Gasteiger partial charge is 0.253 e. The predicted molar refractivity (Wildman–Crippen MR) is 77.6 cm³/mol. The highest BCUT2D eigenvalue weighted by Crippen LogP contribution is 2.15. The zero-order valence-electron chi connectivity index (χ0n) is 10.9. The third-order valence-electron chi connectivity index (χ3n) is 2.55. The van der Waals surface area contributed by atoms with E-state index < -0.39 is 22.0 Å². The molecule has 1 aromatic rings. The Hall–Kier alpha value is -1.05. The summed E-state index contributed by atoms with van der Waals surface area (Å²) >= 11 is 0. The Labute approximate surface area is 120 Å². The fourth-order valence-corrected chi connectivity index (χ4v) is 2.43. The maximum atomic E-state index is 11.8. The lowest BCUT2D eigenvalue weighted by atomic mass is 10.2. The van der Waals surface area contributed by atoms with Crippen LogP contribution in [0.1, 0.15) is 6.42 Å². The van der Waals surface area contributed by atoms with E-state index in [1.165, 1.54) is 31.3 Å². The molecule has 7 nitrogen and oxygen atoms in total. The van der Waals surface area contributed by atoms with E-state index >= 15 is 0 Å². The van der Waals surface area contributed by atoms with Gasteiger partial charge in [0.15, 0.2) is 0 Å². The maximum Gasteiger partial charge on any atom is 0.253 e. The molecular formula is C11H17N2O5PS. The lowest BCUT2D eigenvalue weighted by Crippen LogP contribution is -2.29. The number of sulfonamides is 1. The number of carbonyl (C=O) groups is 1. The van der Waals surface area contributed by atoms with Crippen LogP contribution in [0, 0.1) is 0 Å². The Balaban J connectivity index is 2.78. The third-order valence-corrected chi connectivity index (χ3v) is 4.31. The summed E-state index contributed by atoms with van der Waals surface area (Å²) in [5.41, 5.74) is 0.440. The van der Waals surface area contributed by atoms with Crippen molar-refractivity contribution in [2.75, 3.05) is 19.0 Å². The Morgan fingerprint density at radius 2 is 2.00 bits per heavy atom. The monoisotopic (exact) mass is 320 g/mol. The van der Waals surface area contributed by atoms with Gasteiger partial charge in [-0.1, -0.05) is 0 Å². The quantitative estimate of drug-likeness (QED) is 0.618. The zero-order valence-corrected chi connectivity index (χ0v) is 12.8. The Kier molecular flexibility index (Phi) is 6.51. The summed E-state index contributed by atoms with van der Waals surface area (Å²) in [6, 6.07) is 5.70. The largest absolute Gasteiger partial charge is 0.396 e. The molecule has 1 amide bonds. The van der Waals surface area contributed by atoms with Crippen molar-refractivity contribution in [1.29, 1.82) is 0 Å². The first-order valence-electron chi connectivity index (χ1n) is 5.75. The molecule has 0 aliphatic heterocycles. The van der Waals surface area contributed by atoms with Crippen molar-refractivity contribution in [3.05, 3.63) is 24.3 Å². The summed E-state index contributed by atoms with van der Waals surface area (Å²) in [6.07, 6.45) is -0.618. The molecule has 0 fully saturated rings. The molecule has 0 spiro atoms. The molecule has 0 radical (unpaired) electrons. The SMILES string of the molecule is CNS(=O)(=O)c1ccc(NC(=O)C(CCO)OP)cc1. The first-order chi connectivity index (χ1) is 9.44. The Bertz CT molecular complexity index is 546. The van der Waals surface area contributed by atoms with Crippen molar-refractivity contribution in [3.8, 4) is 0 Å². The molecule has 2 atom stereocenters. The van der Waals surface area contributed by atoms with Gasteiger partial charge in [-0.3, -0.25) is 4.79 Å². The first-order valence-corrected chi connectivity index (χ1v) is 7.71. The van der Waals surface area contributed by atoms with E-state index in [4.69, 9.17) is 9.63 Å². The molecule has 0 saturated carbocycles. The van der Waals surface area contributed by atoms with E-state index in [1.54, 1.807) is 0 Å². The van der Waals surface area contributed by atoms with Gasteiger partial charge in [-0.25, -0.2) is 13.1 Å². The van der Waals surface area contributed by atoms with Crippen molar-refractivity contribution < 1.29 is 22.8 Å². The summed E-state index contributed by atoms with van der Waals surface area (Å²) < 4.78 is 30.1. The standard InChI is InChI=1S/C11H17N2O5PS/c1-12-20(16,17)9-4-2-8(3-5-9)13-11(15)10(18-19)6-7-14/h2-5,10,12,14H,6-7,19H2,1H3,(H,13,15). The fraction of sp³-hybridized carbons (Fsp3) is 0.364. The lowest BCUT2D eigenvalue weighted by molar-refractivity contribution is -0.122. The molecule has 9 heteroatoms. The summed E-state index contributed by atoms with van der Waals surface area (Å²) in [5.74, 6) is -0.418. The molecule has 112 valence electrons. The van der Waals surface area contributed by atoms with Crippen LogP contribution in [0.4, 0.5) is 5.69 Å². The van der Waals surface area contributed by atoms with Gasteiger partial charge in [0, 0.05) is 28.2 Å². The minimum absolute atomic E-state index is 0.104. The number of aliphatic hydroxyl groups excluding tert-OH is 1. The summed E-state index contributed by atoms with van der Waals surface area (Å²) in [6.45, 7) is -0.175. The molecule has 1 rings (SSSR count). The van der Waals surface area contributed by atoms with Crippen LogP contribution >= 0.6 is 9.47 Å². The number of carbonyl (C=O) groups excluding carboxylic acids is 1. The van der Waals surface area contributed by atoms with Crippen LogP contribution in [0.15, 0.2) is 29.2 Å². The van der Waals surface area contributed by atoms with Gasteiger partial charge in [0.1, 0.15) is 6.10 Å². The van der Waals surface area contributed by atoms with Crippen molar-refractivity contribution in [2.45, 2.75) is 17.4 Å². The number of aliphatic hydroxyl groups is 1. The van der Waals surface area contributed by atoms with E-state index in [-0.39, 0.29) is 17.9 Å². The van der Waals surface area contributed by atoms with Crippen LogP contribution in [-0.4, -0.2) is 39.2 Å². The second-order valence-electron chi connectivity index (χ2n) is 3.86. The van der Waals surface area contributed by atoms with Gasteiger partial charge in [-0.2, -0.15) is 0 Å². The van der Waals surface area contributed by atoms with Crippen molar-refractivity contribution in [1.82, 2.24) is 4.72 Å². The number of nitrogens with one attached hydrogen (secondary N) is 2.